The molecule has 2 aliphatic carbocycles. The summed E-state index contributed by atoms with van der Waals surface area (Å²) in [6.07, 6.45) is -2.01. The Labute approximate surface area is 817 Å². The number of fused-ring (bicyclic) bond motifs is 8. The molecule has 12 aromatic rings. The van der Waals surface area contributed by atoms with Gasteiger partial charge in [-0.3, -0.25) is 43.4 Å². The maximum absolute atomic E-state index is 14.2. The highest BCUT2D eigenvalue weighted by atomic mass is 31.2. The van der Waals surface area contributed by atoms with E-state index in [0.29, 0.717) is 17.1 Å². The summed E-state index contributed by atoms with van der Waals surface area (Å²) in [5, 5.41) is 28.2. The average Bonchev–Trinajstić information content (AvgIpc) is 1.21. The van der Waals surface area contributed by atoms with Crippen molar-refractivity contribution in [3.63, 3.8) is 0 Å². The van der Waals surface area contributed by atoms with E-state index in [2.05, 4.69) is 72.0 Å². The van der Waals surface area contributed by atoms with Gasteiger partial charge in [-0.1, -0.05) is 164 Å². The number of hydrogen-bond acceptors (Lipinski definition) is 28. The fraction of sp³-hybridized carbons (Fsp3) is 0.359. The smallest absolute Gasteiger partial charge is 0.409 e. The Hall–Kier alpha value is -13.8. The Bertz CT molecular complexity index is 6400. The van der Waals surface area contributed by atoms with E-state index in [0.717, 1.165) is 61.2 Å². The monoisotopic (exact) mass is 1950 g/mol. The number of nitrogens with one attached hydrogen (secondary N) is 4. The number of amides is 5. The minimum Gasteiger partial charge on any atom is -0.497 e. The van der Waals surface area contributed by atoms with Gasteiger partial charge in [-0.2, -0.15) is 15.5 Å². The van der Waals surface area contributed by atoms with Crippen molar-refractivity contribution in [3.05, 3.63) is 280 Å². The second kappa shape index (κ2) is 47.0. The third-order valence-electron chi connectivity index (χ3n) is 24.9. The molecule has 8 unspecified atom stereocenters. The highest BCUT2D eigenvalue weighted by Crippen LogP contribution is 2.54. The van der Waals surface area contributed by atoms with Gasteiger partial charge in [-0.25, -0.2) is 34.2 Å². The number of methoxy groups -OCH3 is 2. The van der Waals surface area contributed by atoms with Gasteiger partial charge in [0.05, 0.1) is 90.5 Å². The van der Waals surface area contributed by atoms with E-state index >= 15 is 0 Å². The van der Waals surface area contributed by atoms with Gasteiger partial charge in [0.25, 0.3) is 25.9 Å². The first-order chi connectivity index (χ1) is 68.6. The number of anilines is 2. The Kier molecular flexibility index (Phi) is 33.3. The van der Waals surface area contributed by atoms with E-state index in [4.69, 9.17) is 75.5 Å². The predicted molar refractivity (Wildman–Crippen MR) is 522 cm³/mol. The van der Waals surface area contributed by atoms with Gasteiger partial charge in [-0.05, 0) is 144 Å². The molecule has 5 amide bonds. The first kappa shape index (κ1) is 100. The molecule has 0 radical (unpaired) electrons. The van der Waals surface area contributed by atoms with E-state index in [9.17, 15) is 44.1 Å². The van der Waals surface area contributed by atoms with Crippen molar-refractivity contribution in [2.45, 2.75) is 152 Å². The Balaban J connectivity index is 0.605. The molecule has 8 aromatic carbocycles. The Morgan fingerprint density at radius 3 is 1.60 bits per heavy atom. The molecule has 36 nitrogen and oxygen atoms in total. The molecule has 732 valence electrons. The lowest BCUT2D eigenvalue weighted by Crippen LogP contribution is -2.38. The lowest BCUT2D eigenvalue weighted by molar-refractivity contribution is -0.148. The van der Waals surface area contributed by atoms with Gasteiger partial charge in [0, 0.05) is 88.9 Å². The third kappa shape index (κ3) is 23.6. The lowest BCUT2D eigenvalue weighted by atomic mass is 9.80. The number of hydrogen-bond donors (Lipinski definition) is 4. The van der Waals surface area contributed by atoms with Crippen molar-refractivity contribution in [2.24, 2.45) is 0 Å². The van der Waals surface area contributed by atoms with Gasteiger partial charge in [0.1, 0.15) is 61.3 Å². The fourth-order valence-electron chi connectivity index (χ4n) is 18.0. The second-order valence-corrected chi connectivity index (χ2v) is 37.3. The number of carbonyl (C=O) groups excluding carboxylic acids is 6. The van der Waals surface area contributed by atoms with E-state index in [-0.39, 0.29) is 174 Å². The number of rotatable bonds is 45. The average molecular weight is 1950 g/mol. The molecule has 141 heavy (non-hydrogen) atoms. The number of aromatic amines is 1. The van der Waals surface area contributed by atoms with Crippen molar-refractivity contribution in [3.8, 4) is 45.9 Å². The first-order valence-electron chi connectivity index (χ1n) is 46.6. The number of ether oxygens (including phenoxy) is 8. The van der Waals surface area contributed by atoms with E-state index in [1.807, 2.05) is 179 Å². The van der Waals surface area contributed by atoms with Crippen LogP contribution in [0, 0.1) is 22.7 Å². The zero-order chi connectivity index (χ0) is 98.6. The molecule has 2 aliphatic heterocycles. The summed E-state index contributed by atoms with van der Waals surface area (Å²) in [5.74, 6) is -1.32. The van der Waals surface area contributed by atoms with Crippen molar-refractivity contribution >= 4 is 87.1 Å². The molecule has 0 spiro atoms. The highest BCUT2D eigenvalue weighted by Gasteiger charge is 2.48. The number of nitrogens with zero attached hydrogens (tertiary/aromatic N) is 12. The molecule has 4 N–H and O–H groups in total. The molecule has 0 saturated carbocycles. The summed E-state index contributed by atoms with van der Waals surface area (Å²) in [7, 11) is 1.93. The van der Waals surface area contributed by atoms with Crippen LogP contribution in [-0.2, 0) is 77.6 Å². The van der Waals surface area contributed by atoms with Gasteiger partial charge in [0.2, 0.25) is 11.9 Å². The number of carbonyl (C=O) groups is 6. The van der Waals surface area contributed by atoms with Gasteiger partial charge < -0.3 is 80.9 Å². The largest absolute Gasteiger partial charge is 0.497 e. The molecule has 2 fully saturated rings. The van der Waals surface area contributed by atoms with Crippen LogP contribution in [0.3, 0.4) is 0 Å². The normalized spacial score (nSPS) is 16.9. The van der Waals surface area contributed by atoms with Crippen LogP contribution >= 0.6 is 17.1 Å². The zero-order valence-electron chi connectivity index (χ0n) is 79.2. The topological polar surface area (TPSA) is 423 Å². The van der Waals surface area contributed by atoms with Crippen LogP contribution in [0.2, 0.25) is 0 Å². The molecule has 6 heterocycles. The quantitative estimate of drug-likeness (QED) is 0.00905. The SMILES string of the molecule is COc1ccc(C(OCC2OC(n3cnc4c(NC(=O)c5ccc(CNC(=O)COC(=O)CCCN(C)C(=O)OCC6c7ccccc7-c7ccccc76)cc5)ncnc43)CC2OP(OCCC#N)OCC2OC(n3cnc4c(=O)[nH]c(NC(=O)CCCN(C)C(=O)OCC5c6ccccc6-c6ccccc65)nc43)CC2OP(OCCC#N)N(C(C)C)C(C)C)(c2ccccc2)c2ccc(OC)cc2)cc1. The minimum absolute atomic E-state index is 0.0422. The number of esters is 1. The predicted octanol–water partition coefficient (Wildman–Crippen LogP) is 16.5. The van der Waals surface area contributed by atoms with Crippen molar-refractivity contribution in [1.29, 1.82) is 10.5 Å². The molecular weight excluding hydrogens is 1840 g/mol. The third-order valence-corrected chi connectivity index (χ3v) is 28.3. The number of aromatic nitrogens is 8. The van der Waals surface area contributed by atoms with E-state index in [1.165, 1.54) is 28.8 Å². The molecule has 2 saturated heterocycles. The minimum atomic E-state index is -2.51. The van der Waals surface area contributed by atoms with Gasteiger partial charge >= 0.3 is 26.8 Å². The summed E-state index contributed by atoms with van der Waals surface area (Å²) >= 11 is 0. The molecule has 4 aliphatic rings. The van der Waals surface area contributed by atoms with Crippen LogP contribution in [0.5, 0.6) is 11.5 Å². The summed E-state index contributed by atoms with van der Waals surface area (Å²) in [5.41, 5.74) is 10.3. The molecular formula is C103H110N16O20P2. The van der Waals surface area contributed by atoms with Crippen LogP contribution in [0.4, 0.5) is 21.4 Å². The summed E-state index contributed by atoms with van der Waals surface area (Å²) in [6.45, 7) is 7.68. The lowest BCUT2D eigenvalue weighted by Gasteiger charge is -2.37. The maximum atomic E-state index is 14.2. The fourth-order valence-corrected chi connectivity index (χ4v) is 20.9. The standard InChI is InChI=1S/C103H110N16O20P2/c1-65(2)119(66(3)4)140(133-52-22-48-104)138-84-54-91(118-64-110-94-97(118)113-100(114-99(94)124)111-88(120)34-20-50-115(5)101(125)130-57-82-78-30-16-12-26-74(78)75-27-13-17-31-79(75)82)137-87(84)60-135-141(134-53-23-49-105)139-85-55-90(136-86(85)59-132-103(69-24-10-9-11-25-69,70-40-44-72(127-7)45-41-70)71-42-46-73(128-8)47-43-71)117-63-109-93-95(107-62-108-96(93)117)112-98(123)68-38-36-67(37-39-68)56-106-89(121)61-129-92(122)35-21-51-116(6)102(126)131-58-83-80-32-18-14-28-76(80)77-29-15-19-33-81(77)83/h9-19,24-33,36-47,62-66,82-87,90-91H,20-23,34-35,50-61H2,1-8H3,(H,106,121)(H,107,108,112,123)(H2,111,113,114,120,124). The summed E-state index contributed by atoms with van der Waals surface area (Å²) in [4.78, 5) is 123. The van der Waals surface area contributed by atoms with Crippen LogP contribution < -0.4 is 31.0 Å². The molecule has 16 rings (SSSR count). The van der Waals surface area contributed by atoms with Crippen molar-refractivity contribution in [2.75, 3.05) is 98.3 Å². The summed E-state index contributed by atoms with van der Waals surface area (Å²) in [6, 6.07) is 67.7. The maximum Gasteiger partial charge on any atom is 0.409 e. The van der Waals surface area contributed by atoms with Gasteiger partial charge in [0.15, 0.2) is 34.8 Å². The van der Waals surface area contributed by atoms with Crippen LogP contribution in [0.25, 0.3) is 44.6 Å². The first-order valence-corrected chi connectivity index (χ1v) is 48.8. The van der Waals surface area contributed by atoms with Crippen LogP contribution in [-0.4, -0.2) is 214 Å². The van der Waals surface area contributed by atoms with Crippen molar-refractivity contribution in [1.82, 2.24) is 58.8 Å². The van der Waals surface area contributed by atoms with Crippen LogP contribution in [0.15, 0.2) is 224 Å². The van der Waals surface area contributed by atoms with Crippen molar-refractivity contribution < 1.29 is 89.3 Å². The Morgan fingerprint density at radius 1 is 0.546 bits per heavy atom. The number of benzene rings is 8. The van der Waals surface area contributed by atoms with Gasteiger partial charge in [-0.15, -0.1) is 0 Å². The Morgan fingerprint density at radius 2 is 1.05 bits per heavy atom. The van der Waals surface area contributed by atoms with Crippen LogP contribution in [0.1, 0.15) is 158 Å². The van der Waals surface area contributed by atoms with E-state index < -0.39 is 108 Å². The summed E-state index contributed by atoms with van der Waals surface area (Å²) < 4.78 is 89.5. The number of imidazole rings is 2. The zero-order valence-corrected chi connectivity index (χ0v) is 81.0. The van der Waals surface area contributed by atoms with E-state index in [1.54, 1.807) is 61.7 Å². The molecule has 0 bridgehead atoms. The second-order valence-electron chi connectivity index (χ2n) is 34.7. The number of H-pyrrole nitrogens is 1. The number of nitriles is 2. The molecule has 8 atom stereocenters. The molecule has 38 heteroatoms. The molecule has 4 aromatic heterocycles. The highest BCUT2D eigenvalue weighted by molar-refractivity contribution is 7.44.